The van der Waals surface area contributed by atoms with E-state index in [-0.39, 0.29) is 6.04 Å². The Morgan fingerprint density at radius 1 is 1.32 bits per heavy atom. The van der Waals surface area contributed by atoms with Gasteiger partial charge in [0.15, 0.2) is 11.8 Å². The summed E-state index contributed by atoms with van der Waals surface area (Å²) in [5, 5.41) is 12.4. The first kappa shape index (κ1) is 21.9. The SMILES string of the molecule is CN=C(NCC1CCN(c2cc(Cl)ccc2C)C1)NC1CCc2nc(COC)nn2C1. The van der Waals surface area contributed by atoms with Gasteiger partial charge in [-0.3, -0.25) is 4.99 Å². The lowest BCUT2D eigenvalue weighted by atomic mass is 10.1. The highest BCUT2D eigenvalue weighted by atomic mass is 35.5. The highest BCUT2D eigenvalue weighted by Gasteiger charge is 2.25. The average Bonchev–Trinajstić information content (AvgIpc) is 3.39. The Morgan fingerprint density at radius 2 is 2.19 bits per heavy atom. The second kappa shape index (κ2) is 9.87. The number of nitrogens with zero attached hydrogens (tertiary/aromatic N) is 5. The zero-order valence-corrected chi connectivity index (χ0v) is 19.3. The Balaban J connectivity index is 1.27. The van der Waals surface area contributed by atoms with Gasteiger partial charge in [-0.05, 0) is 43.4 Å². The summed E-state index contributed by atoms with van der Waals surface area (Å²) in [6, 6.07) is 6.41. The van der Waals surface area contributed by atoms with Crippen LogP contribution in [-0.4, -0.2) is 60.6 Å². The van der Waals surface area contributed by atoms with Crippen molar-refractivity contribution in [3.63, 3.8) is 0 Å². The predicted molar refractivity (Wildman–Crippen MR) is 124 cm³/mol. The molecule has 9 heteroatoms. The lowest BCUT2D eigenvalue weighted by molar-refractivity contribution is 0.177. The zero-order valence-electron chi connectivity index (χ0n) is 18.6. The summed E-state index contributed by atoms with van der Waals surface area (Å²) in [4.78, 5) is 11.4. The fraction of sp³-hybridized carbons (Fsp3) is 0.591. The summed E-state index contributed by atoms with van der Waals surface area (Å²) < 4.78 is 7.14. The number of aliphatic imine (C=N–C) groups is 1. The van der Waals surface area contributed by atoms with E-state index in [4.69, 9.17) is 16.3 Å². The Kier molecular flexibility index (Phi) is 6.97. The van der Waals surface area contributed by atoms with E-state index in [0.29, 0.717) is 12.5 Å². The first-order valence-electron chi connectivity index (χ1n) is 11.0. The number of aryl methyl sites for hydroxylation is 2. The Bertz CT molecular complexity index is 929. The second-order valence-corrected chi connectivity index (χ2v) is 8.86. The van der Waals surface area contributed by atoms with Gasteiger partial charge >= 0.3 is 0 Å². The lowest BCUT2D eigenvalue weighted by Crippen LogP contribution is -2.48. The van der Waals surface area contributed by atoms with Gasteiger partial charge in [0.25, 0.3) is 0 Å². The fourth-order valence-corrected chi connectivity index (χ4v) is 4.61. The minimum absolute atomic E-state index is 0.282. The van der Waals surface area contributed by atoms with Crippen molar-refractivity contribution in [3.05, 3.63) is 40.4 Å². The van der Waals surface area contributed by atoms with Crippen LogP contribution in [0.1, 0.15) is 30.1 Å². The molecule has 0 amide bonds. The number of anilines is 1. The van der Waals surface area contributed by atoms with E-state index < -0.39 is 0 Å². The zero-order chi connectivity index (χ0) is 21.8. The van der Waals surface area contributed by atoms with Crippen molar-refractivity contribution in [1.82, 2.24) is 25.4 Å². The molecule has 0 saturated carbocycles. The molecule has 31 heavy (non-hydrogen) atoms. The second-order valence-electron chi connectivity index (χ2n) is 8.42. The van der Waals surface area contributed by atoms with Gasteiger partial charge in [0.1, 0.15) is 12.4 Å². The number of rotatable bonds is 6. The van der Waals surface area contributed by atoms with Crippen LogP contribution in [0.15, 0.2) is 23.2 Å². The number of nitrogens with one attached hydrogen (secondary N) is 2. The molecule has 8 nitrogen and oxygen atoms in total. The number of halogens is 1. The van der Waals surface area contributed by atoms with Gasteiger partial charge in [-0.15, -0.1) is 0 Å². The predicted octanol–water partition coefficient (Wildman–Crippen LogP) is 2.39. The summed E-state index contributed by atoms with van der Waals surface area (Å²) in [7, 11) is 3.49. The summed E-state index contributed by atoms with van der Waals surface area (Å²) in [5.74, 6) is 3.21. The molecule has 168 valence electrons. The van der Waals surface area contributed by atoms with Crippen molar-refractivity contribution >= 4 is 23.2 Å². The first-order chi connectivity index (χ1) is 15.1. The molecule has 1 fully saturated rings. The summed E-state index contributed by atoms with van der Waals surface area (Å²) in [5.41, 5.74) is 2.52. The van der Waals surface area contributed by atoms with E-state index >= 15 is 0 Å². The summed E-state index contributed by atoms with van der Waals surface area (Å²) >= 11 is 6.22. The highest BCUT2D eigenvalue weighted by molar-refractivity contribution is 6.30. The van der Waals surface area contributed by atoms with Crippen molar-refractivity contribution in [2.45, 2.75) is 45.4 Å². The molecule has 4 rings (SSSR count). The van der Waals surface area contributed by atoms with E-state index in [2.05, 4.69) is 49.7 Å². The molecule has 0 spiro atoms. The van der Waals surface area contributed by atoms with Crippen LogP contribution < -0.4 is 15.5 Å². The van der Waals surface area contributed by atoms with Crippen LogP contribution in [0.5, 0.6) is 0 Å². The van der Waals surface area contributed by atoms with E-state index in [1.807, 2.05) is 17.8 Å². The van der Waals surface area contributed by atoms with E-state index in [1.54, 1.807) is 7.11 Å². The number of methoxy groups -OCH3 is 1. The maximum Gasteiger partial charge on any atom is 0.191 e. The monoisotopic (exact) mass is 445 g/mol. The lowest BCUT2D eigenvalue weighted by Gasteiger charge is -2.26. The molecule has 1 saturated heterocycles. The number of hydrogen-bond acceptors (Lipinski definition) is 5. The average molecular weight is 446 g/mol. The number of aromatic nitrogens is 3. The van der Waals surface area contributed by atoms with E-state index in [0.717, 1.165) is 68.1 Å². The van der Waals surface area contributed by atoms with Crippen LogP contribution in [0.3, 0.4) is 0 Å². The normalized spacial score (nSPS) is 21.3. The minimum atomic E-state index is 0.282. The standard InChI is InChI=1S/C22H32ClN7O/c1-15-4-5-17(23)10-19(15)29-9-8-16(12-29)11-25-22(24-2)26-18-6-7-21-27-20(14-31-3)28-30(21)13-18/h4-5,10,16,18H,6-9,11-14H2,1-3H3,(H2,24,25,26). The first-order valence-corrected chi connectivity index (χ1v) is 11.3. The van der Waals surface area contributed by atoms with Gasteiger partial charge in [-0.2, -0.15) is 5.10 Å². The maximum absolute atomic E-state index is 6.22. The Hall–Kier alpha value is -2.32. The van der Waals surface area contributed by atoms with Crippen LogP contribution in [-0.2, 0) is 24.3 Å². The molecule has 1 aromatic heterocycles. The third-order valence-corrected chi connectivity index (χ3v) is 6.33. The van der Waals surface area contributed by atoms with Crippen LogP contribution >= 0.6 is 11.6 Å². The largest absolute Gasteiger partial charge is 0.377 e. The van der Waals surface area contributed by atoms with Gasteiger partial charge in [-0.25, -0.2) is 9.67 Å². The van der Waals surface area contributed by atoms with Crippen LogP contribution in [0.25, 0.3) is 0 Å². The number of ether oxygens (including phenoxy) is 1. The number of fused-ring (bicyclic) bond motifs is 1. The molecule has 0 aliphatic carbocycles. The molecule has 0 bridgehead atoms. The van der Waals surface area contributed by atoms with Crippen molar-refractivity contribution in [2.24, 2.45) is 10.9 Å². The van der Waals surface area contributed by atoms with Crippen molar-refractivity contribution < 1.29 is 4.74 Å². The topological polar surface area (TPSA) is 79.6 Å². The minimum Gasteiger partial charge on any atom is -0.377 e. The van der Waals surface area contributed by atoms with Gasteiger partial charge in [0.05, 0.1) is 6.54 Å². The smallest absolute Gasteiger partial charge is 0.191 e. The summed E-state index contributed by atoms with van der Waals surface area (Å²) in [6.45, 7) is 6.37. The quantitative estimate of drug-likeness (QED) is 0.525. The van der Waals surface area contributed by atoms with E-state index in [1.165, 1.54) is 11.3 Å². The molecule has 2 aliphatic heterocycles. The maximum atomic E-state index is 6.22. The van der Waals surface area contributed by atoms with Gasteiger partial charge in [0, 0.05) is 57.0 Å². The molecule has 2 unspecified atom stereocenters. The van der Waals surface area contributed by atoms with Crippen LogP contribution in [0, 0.1) is 12.8 Å². The molecule has 2 N–H and O–H groups in total. The van der Waals surface area contributed by atoms with Crippen molar-refractivity contribution in [3.8, 4) is 0 Å². The number of benzene rings is 1. The summed E-state index contributed by atoms with van der Waals surface area (Å²) in [6.07, 6.45) is 3.07. The molecule has 0 radical (unpaired) electrons. The van der Waals surface area contributed by atoms with Gasteiger partial charge in [0.2, 0.25) is 0 Å². The third-order valence-electron chi connectivity index (χ3n) is 6.10. The van der Waals surface area contributed by atoms with Crippen LogP contribution in [0.2, 0.25) is 5.02 Å². The molecular weight excluding hydrogens is 414 g/mol. The molecular formula is C22H32ClN7O. The number of hydrogen-bond donors (Lipinski definition) is 2. The molecule has 3 heterocycles. The Morgan fingerprint density at radius 3 is 3.00 bits per heavy atom. The van der Waals surface area contributed by atoms with Crippen LogP contribution in [0.4, 0.5) is 5.69 Å². The van der Waals surface area contributed by atoms with Crippen molar-refractivity contribution in [1.29, 1.82) is 0 Å². The molecule has 2 aliphatic rings. The molecule has 2 atom stereocenters. The molecule has 2 aromatic rings. The van der Waals surface area contributed by atoms with Gasteiger partial charge in [-0.1, -0.05) is 17.7 Å². The Labute approximate surface area is 189 Å². The third kappa shape index (κ3) is 5.30. The highest BCUT2D eigenvalue weighted by Crippen LogP contribution is 2.29. The van der Waals surface area contributed by atoms with E-state index in [9.17, 15) is 0 Å². The molecule has 1 aromatic carbocycles. The fourth-order valence-electron chi connectivity index (χ4n) is 4.44. The van der Waals surface area contributed by atoms with Crippen molar-refractivity contribution in [2.75, 3.05) is 38.7 Å². The van der Waals surface area contributed by atoms with Gasteiger partial charge < -0.3 is 20.3 Å². The number of guanidine groups is 1.